The summed E-state index contributed by atoms with van der Waals surface area (Å²) in [5.41, 5.74) is 3.64. The molecule has 6 nitrogen and oxygen atoms in total. The summed E-state index contributed by atoms with van der Waals surface area (Å²) in [6.45, 7) is 4.37. The van der Waals surface area contributed by atoms with Crippen LogP contribution in [0.1, 0.15) is 17.5 Å². The van der Waals surface area contributed by atoms with Gasteiger partial charge in [0.25, 0.3) is 0 Å². The van der Waals surface area contributed by atoms with Crippen LogP contribution in [0.3, 0.4) is 0 Å². The van der Waals surface area contributed by atoms with Crippen molar-refractivity contribution in [3.8, 4) is 11.5 Å². The van der Waals surface area contributed by atoms with Crippen molar-refractivity contribution in [1.29, 1.82) is 0 Å². The lowest BCUT2D eigenvalue weighted by molar-refractivity contribution is -0.122. The summed E-state index contributed by atoms with van der Waals surface area (Å²) in [6.07, 6.45) is 0.201. The van der Waals surface area contributed by atoms with Gasteiger partial charge in [-0.25, -0.2) is 0 Å². The number of ether oxygens (including phenoxy) is 2. The van der Waals surface area contributed by atoms with Gasteiger partial charge in [0.05, 0.1) is 20.1 Å². The summed E-state index contributed by atoms with van der Waals surface area (Å²) >= 11 is 0. The maximum Gasteiger partial charge on any atom is 0.229 e. The second-order valence-electron chi connectivity index (χ2n) is 6.81. The quantitative estimate of drug-likeness (QED) is 0.879. The van der Waals surface area contributed by atoms with Crippen molar-refractivity contribution in [1.82, 2.24) is 0 Å². The highest BCUT2D eigenvalue weighted by Crippen LogP contribution is 2.31. The minimum Gasteiger partial charge on any atom is -0.493 e. The second-order valence-corrected chi connectivity index (χ2v) is 6.81. The Bertz CT molecular complexity index is 858. The minimum atomic E-state index is -0.397. The van der Waals surface area contributed by atoms with Gasteiger partial charge in [0.1, 0.15) is 0 Å². The number of methoxy groups -OCH3 is 2. The maximum absolute atomic E-state index is 12.7. The van der Waals surface area contributed by atoms with Gasteiger partial charge in [-0.1, -0.05) is 6.07 Å². The first kappa shape index (κ1) is 18.8. The zero-order valence-electron chi connectivity index (χ0n) is 16.0. The lowest BCUT2D eigenvalue weighted by Gasteiger charge is -2.18. The fourth-order valence-corrected chi connectivity index (χ4v) is 3.40. The Morgan fingerprint density at radius 3 is 2.33 bits per heavy atom. The number of nitrogens with one attached hydrogen (secondary N) is 1. The number of carbonyl (C=O) groups is 2. The maximum atomic E-state index is 12.7. The van der Waals surface area contributed by atoms with Gasteiger partial charge in [-0.2, -0.15) is 0 Å². The van der Waals surface area contributed by atoms with E-state index in [1.165, 1.54) is 0 Å². The molecule has 27 heavy (non-hydrogen) atoms. The third-order valence-corrected chi connectivity index (χ3v) is 4.67. The molecule has 0 radical (unpaired) electrons. The van der Waals surface area contributed by atoms with Crippen molar-refractivity contribution in [2.24, 2.45) is 5.92 Å². The SMILES string of the molecule is COc1ccc(NC(=O)C2CC(=O)N(c3cc(C)cc(C)c3)C2)cc1OC. The van der Waals surface area contributed by atoms with Crippen LogP contribution in [0.15, 0.2) is 36.4 Å². The molecule has 1 atom stereocenters. The molecule has 6 heteroatoms. The van der Waals surface area contributed by atoms with E-state index in [2.05, 4.69) is 11.4 Å². The molecular weight excluding hydrogens is 344 g/mol. The van der Waals surface area contributed by atoms with E-state index >= 15 is 0 Å². The first-order chi connectivity index (χ1) is 12.9. The molecular formula is C21H24N2O4. The zero-order valence-corrected chi connectivity index (χ0v) is 16.0. The normalized spacial score (nSPS) is 16.4. The Balaban J connectivity index is 1.72. The van der Waals surface area contributed by atoms with Gasteiger partial charge in [-0.3, -0.25) is 9.59 Å². The van der Waals surface area contributed by atoms with E-state index in [1.54, 1.807) is 37.3 Å². The van der Waals surface area contributed by atoms with Crippen molar-refractivity contribution in [2.75, 3.05) is 31.0 Å². The highest BCUT2D eigenvalue weighted by atomic mass is 16.5. The average Bonchev–Trinajstić information content (AvgIpc) is 3.02. The first-order valence-electron chi connectivity index (χ1n) is 8.83. The van der Waals surface area contributed by atoms with Gasteiger partial charge < -0.3 is 19.7 Å². The van der Waals surface area contributed by atoms with Gasteiger partial charge in [0.2, 0.25) is 11.8 Å². The third-order valence-electron chi connectivity index (χ3n) is 4.67. The Kier molecular flexibility index (Phi) is 5.35. The molecule has 142 valence electrons. The van der Waals surface area contributed by atoms with E-state index in [0.29, 0.717) is 23.7 Å². The first-order valence-corrected chi connectivity index (χ1v) is 8.83. The number of aryl methyl sites for hydroxylation is 2. The number of hydrogen-bond donors (Lipinski definition) is 1. The standard InChI is InChI=1S/C21H24N2O4/c1-13-7-14(2)9-17(8-13)23-12-15(10-20(23)24)21(25)22-16-5-6-18(26-3)19(11-16)27-4/h5-9,11,15H,10,12H2,1-4H3,(H,22,25). The van der Waals surface area contributed by atoms with Crippen LogP contribution in [0, 0.1) is 19.8 Å². The topological polar surface area (TPSA) is 67.9 Å². The average molecular weight is 368 g/mol. The van der Waals surface area contributed by atoms with Gasteiger partial charge in [-0.15, -0.1) is 0 Å². The molecule has 0 saturated carbocycles. The fraction of sp³-hybridized carbons (Fsp3) is 0.333. The molecule has 2 aromatic carbocycles. The molecule has 1 heterocycles. The number of nitrogens with zero attached hydrogens (tertiary/aromatic N) is 1. The van der Waals surface area contributed by atoms with Crippen LogP contribution in [-0.4, -0.2) is 32.6 Å². The molecule has 1 saturated heterocycles. The predicted octanol–water partition coefficient (Wildman–Crippen LogP) is 3.31. The summed E-state index contributed by atoms with van der Waals surface area (Å²) < 4.78 is 10.5. The van der Waals surface area contributed by atoms with Crippen molar-refractivity contribution in [3.63, 3.8) is 0 Å². The van der Waals surface area contributed by atoms with Crippen molar-refractivity contribution in [3.05, 3.63) is 47.5 Å². The van der Waals surface area contributed by atoms with E-state index in [4.69, 9.17) is 9.47 Å². The summed E-state index contributed by atoms with van der Waals surface area (Å²) in [6, 6.07) is 11.2. The Morgan fingerprint density at radius 2 is 1.70 bits per heavy atom. The highest BCUT2D eigenvalue weighted by molar-refractivity contribution is 6.03. The Hall–Kier alpha value is -3.02. The van der Waals surface area contributed by atoms with Gasteiger partial charge in [-0.05, 0) is 49.2 Å². The molecule has 0 aromatic heterocycles. The van der Waals surface area contributed by atoms with E-state index in [-0.39, 0.29) is 18.2 Å². The van der Waals surface area contributed by atoms with Crippen LogP contribution in [0.2, 0.25) is 0 Å². The lowest BCUT2D eigenvalue weighted by atomic mass is 10.1. The summed E-state index contributed by atoms with van der Waals surface area (Å²) in [5, 5.41) is 2.87. The molecule has 1 unspecified atom stereocenters. The van der Waals surface area contributed by atoms with Crippen LogP contribution in [0.5, 0.6) is 11.5 Å². The van der Waals surface area contributed by atoms with Crippen LogP contribution >= 0.6 is 0 Å². The number of anilines is 2. The van der Waals surface area contributed by atoms with E-state index in [0.717, 1.165) is 16.8 Å². The number of rotatable bonds is 5. The molecule has 1 N–H and O–H groups in total. The van der Waals surface area contributed by atoms with E-state index in [1.807, 2.05) is 26.0 Å². The summed E-state index contributed by atoms with van der Waals surface area (Å²) in [7, 11) is 3.10. The molecule has 2 aromatic rings. The molecule has 0 bridgehead atoms. The predicted molar refractivity (Wildman–Crippen MR) is 105 cm³/mol. The highest BCUT2D eigenvalue weighted by Gasteiger charge is 2.35. The molecule has 0 spiro atoms. The number of amides is 2. The number of hydrogen-bond acceptors (Lipinski definition) is 4. The van der Waals surface area contributed by atoms with Crippen LogP contribution in [0.25, 0.3) is 0 Å². The fourth-order valence-electron chi connectivity index (χ4n) is 3.40. The summed E-state index contributed by atoms with van der Waals surface area (Å²) in [4.78, 5) is 26.8. The molecule has 1 aliphatic heterocycles. The van der Waals surface area contributed by atoms with Gasteiger partial charge in [0.15, 0.2) is 11.5 Å². The molecule has 1 aliphatic rings. The molecule has 3 rings (SSSR count). The van der Waals surface area contributed by atoms with Crippen molar-refractivity contribution in [2.45, 2.75) is 20.3 Å². The smallest absolute Gasteiger partial charge is 0.229 e. The third kappa shape index (κ3) is 4.05. The van der Waals surface area contributed by atoms with Gasteiger partial charge in [0, 0.05) is 30.4 Å². The van der Waals surface area contributed by atoms with Crippen molar-refractivity contribution >= 4 is 23.2 Å². The van der Waals surface area contributed by atoms with Crippen molar-refractivity contribution < 1.29 is 19.1 Å². The second kappa shape index (κ2) is 7.70. The summed E-state index contributed by atoms with van der Waals surface area (Å²) in [5.74, 6) is 0.517. The number of carbonyl (C=O) groups excluding carboxylic acids is 2. The van der Waals surface area contributed by atoms with Crippen LogP contribution in [0.4, 0.5) is 11.4 Å². The van der Waals surface area contributed by atoms with E-state index < -0.39 is 5.92 Å². The Labute approximate surface area is 159 Å². The number of benzene rings is 2. The van der Waals surface area contributed by atoms with Gasteiger partial charge >= 0.3 is 0 Å². The molecule has 1 fully saturated rings. The monoisotopic (exact) mass is 368 g/mol. The zero-order chi connectivity index (χ0) is 19.6. The van der Waals surface area contributed by atoms with E-state index in [9.17, 15) is 9.59 Å². The minimum absolute atomic E-state index is 0.0348. The largest absolute Gasteiger partial charge is 0.493 e. The Morgan fingerprint density at radius 1 is 1.04 bits per heavy atom. The van der Waals surface area contributed by atoms with Crippen LogP contribution < -0.4 is 19.7 Å². The lowest BCUT2D eigenvalue weighted by Crippen LogP contribution is -2.28. The van der Waals surface area contributed by atoms with Crippen LogP contribution in [-0.2, 0) is 9.59 Å². The molecule has 0 aliphatic carbocycles. The molecule has 2 amide bonds.